The van der Waals surface area contributed by atoms with Crippen LogP contribution in [0.15, 0.2) is 21.5 Å². The van der Waals surface area contributed by atoms with Crippen molar-refractivity contribution in [2.75, 3.05) is 0 Å². The third-order valence-corrected chi connectivity index (χ3v) is 3.69. The highest BCUT2D eigenvalue weighted by Crippen LogP contribution is 2.43. The van der Waals surface area contributed by atoms with E-state index in [0.717, 1.165) is 6.07 Å². The lowest BCUT2D eigenvalue weighted by molar-refractivity contribution is -0.389. The molecule has 0 amide bonds. The summed E-state index contributed by atoms with van der Waals surface area (Å²) in [6, 6.07) is 1.52. The van der Waals surface area contributed by atoms with Gasteiger partial charge in [0.15, 0.2) is 0 Å². The van der Waals surface area contributed by atoms with E-state index in [1.54, 1.807) is 0 Å². The summed E-state index contributed by atoms with van der Waals surface area (Å²) in [5.41, 5.74) is -1.20. The number of halogens is 5. The molecule has 0 heterocycles. The number of nitro groups is 1. The Balaban J connectivity index is 3.69. The third kappa shape index (κ3) is 3.94. The average Bonchev–Trinajstić information content (AvgIpc) is 2.11. The quantitative estimate of drug-likeness (QED) is 0.454. The highest BCUT2D eigenvalue weighted by molar-refractivity contribution is 9.10. The van der Waals surface area contributed by atoms with Crippen LogP contribution in [0, 0.1) is 10.1 Å². The van der Waals surface area contributed by atoms with E-state index in [4.69, 9.17) is 10.7 Å². The Hall–Kier alpha value is -1.07. The number of rotatable bonds is 3. The Morgan fingerprint density at radius 2 is 1.89 bits per heavy atom. The Bertz CT molecular complexity index is 632. The van der Waals surface area contributed by atoms with Crippen LogP contribution < -0.4 is 4.74 Å². The van der Waals surface area contributed by atoms with Gasteiger partial charge < -0.3 is 4.74 Å². The predicted octanol–water partition coefficient (Wildman–Crippen LogP) is 3.18. The van der Waals surface area contributed by atoms with Crippen molar-refractivity contribution >= 4 is 41.4 Å². The molecule has 0 saturated carbocycles. The molecule has 106 valence electrons. The molecule has 12 heteroatoms. The van der Waals surface area contributed by atoms with E-state index in [1.807, 2.05) is 0 Å². The number of hydrogen-bond acceptors (Lipinski definition) is 5. The van der Waals surface area contributed by atoms with Crippen LogP contribution in [0.25, 0.3) is 0 Å². The van der Waals surface area contributed by atoms with Crippen LogP contribution in [-0.2, 0) is 9.05 Å². The molecule has 6 nitrogen and oxygen atoms in total. The van der Waals surface area contributed by atoms with Crippen molar-refractivity contribution in [1.82, 2.24) is 0 Å². The number of nitro benzene ring substituents is 1. The first-order valence-electron chi connectivity index (χ1n) is 4.11. The van der Waals surface area contributed by atoms with Gasteiger partial charge in [-0.15, -0.1) is 13.2 Å². The molecular formula is C7H2BrClF3NO5S. The summed E-state index contributed by atoms with van der Waals surface area (Å²) in [6.45, 7) is 0. The van der Waals surface area contributed by atoms with Crippen LogP contribution in [0.1, 0.15) is 0 Å². The summed E-state index contributed by atoms with van der Waals surface area (Å²) >= 11 is 2.63. The minimum Gasteiger partial charge on any atom is -0.397 e. The van der Waals surface area contributed by atoms with Crippen LogP contribution in [0.4, 0.5) is 18.9 Å². The molecule has 19 heavy (non-hydrogen) atoms. The summed E-state index contributed by atoms with van der Waals surface area (Å²) in [5.74, 6) is -1.50. The highest BCUT2D eigenvalue weighted by Gasteiger charge is 2.39. The van der Waals surface area contributed by atoms with Crippen LogP contribution in [0.2, 0.25) is 0 Å². The van der Waals surface area contributed by atoms with E-state index < -0.39 is 36.7 Å². The lowest BCUT2D eigenvalue weighted by atomic mass is 10.3. The van der Waals surface area contributed by atoms with Crippen molar-refractivity contribution < 1.29 is 31.2 Å². The molecule has 0 aliphatic heterocycles. The van der Waals surface area contributed by atoms with Crippen LogP contribution in [0.3, 0.4) is 0 Å². The van der Waals surface area contributed by atoms with Gasteiger partial charge in [0.05, 0.1) is 9.40 Å². The Kier molecular flexibility index (Phi) is 4.32. The fourth-order valence-corrected chi connectivity index (χ4v) is 2.52. The minimum absolute atomic E-state index is 0.388. The maximum absolute atomic E-state index is 12.2. The molecule has 0 spiro atoms. The zero-order valence-electron chi connectivity index (χ0n) is 8.44. The molecule has 0 radical (unpaired) electrons. The summed E-state index contributed by atoms with van der Waals surface area (Å²) in [4.78, 5) is 8.32. The Labute approximate surface area is 116 Å². The van der Waals surface area contributed by atoms with E-state index in [-0.39, 0.29) is 4.47 Å². The normalized spacial score (nSPS) is 12.3. The number of alkyl halides is 3. The van der Waals surface area contributed by atoms with Gasteiger partial charge in [-0.3, -0.25) is 10.1 Å². The highest BCUT2D eigenvalue weighted by atomic mass is 79.9. The van der Waals surface area contributed by atoms with Gasteiger partial charge in [-0.25, -0.2) is 8.42 Å². The van der Waals surface area contributed by atoms with Crippen molar-refractivity contribution in [2.45, 2.75) is 11.3 Å². The predicted molar refractivity (Wildman–Crippen MR) is 60.5 cm³/mol. The molecule has 0 unspecified atom stereocenters. The second kappa shape index (κ2) is 5.13. The van der Waals surface area contributed by atoms with Crippen LogP contribution in [0.5, 0.6) is 5.75 Å². The van der Waals surface area contributed by atoms with Gasteiger partial charge in [0.2, 0.25) is 5.75 Å². The number of hydrogen-bond donors (Lipinski definition) is 0. The molecule has 0 bridgehead atoms. The first-order chi connectivity index (χ1) is 8.43. The molecule has 1 aromatic rings. The van der Waals surface area contributed by atoms with Gasteiger partial charge in [0.25, 0.3) is 9.05 Å². The molecule has 0 saturated heterocycles. The van der Waals surface area contributed by atoms with E-state index >= 15 is 0 Å². The molecule has 0 aliphatic carbocycles. The molecule has 0 aromatic heterocycles. The first-order valence-corrected chi connectivity index (χ1v) is 7.21. The SMILES string of the molecule is O=[N+]([O-])c1c(Br)ccc(S(=O)(=O)Cl)c1OC(F)(F)F. The number of ether oxygens (including phenoxy) is 1. The summed E-state index contributed by atoms with van der Waals surface area (Å²) in [5, 5.41) is 10.7. The zero-order chi connectivity index (χ0) is 15.0. The van der Waals surface area contributed by atoms with Crippen molar-refractivity contribution in [1.29, 1.82) is 0 Å². The van der Waals surface area contributed by atoms with Crippen LogP contribution >= 0.6 is 26.6 Å². The first kappa shape index (κ1) is 16.0. The van der Waals surface area contributed by atoms with Crippen molar-refractivity contribution in [3.63, 3.8) is 0 Å². The topological polar surface area (TPSA) is 86.5 Å². The van der Waals surface area contributed by atoms with Gasteiger partial charge in [0, 0.05) is 10.7 Å². The average molecular weight is 385 g/mol. The maximum atomic E-state index is 12.2. The minimum atomic E-state index is -5.32. The van der Waals surface area contributed by atoms with E-state index in [9.17, 15) is 31.7 Å². The summed E-state index contributed by atoms with van der Waals surface area (Å²) < 4.78 is 61.8. The third-order valence-electron chi connectivity index (χ3n) is 1.71. The fraction of sp³-hybridized carbons (Fsp3) is 0.143. The number of nitrogens with zero attached hydrogens (tertiary/aromatic N) is 1. The van der Waals surface area contributed by atoms with Crippen molar-refractivity contribution in [3.05, 3.63) is 26.7 Å². The largest absolute Gasteiger partial charge is 0.573 e. The van der Waals surface area contributed by atoms with Crippen LogP contribution in [-0.4, -0.2) is 19.7 Å². The second-order valence-electron chi connectivity index (χ2n) is 2.97. The molecule has 0 N–H and O–H groups in total. The molecule has 1 aromatic carbocycles. The van der Waals surface area contributed by atoms with Gasteiger partial charge in [-0.1, -0.05) is 0 Å². The molecule has 0 aliphatic rings. The zero-order valence-corrected chi connectivity index (χ0v) is 11.6. The van der Waals surface area contributed by atoms with Crippen molar-refractivity contribution in [3.8, 4) is 5.75 Å². The summed E-state index contributed by atoms with van der Waals surface area (Å²) in [6.07, 6.45) is -5.32. The standard InChI is InChI=1S/C7H2BrClF3NO5S/c8-3-1-2-4(19(9,16)17)6(5(3)13(14)15)18-7(10,11)12/h1-2H. The lowest BCUT2D eigenvalue weighted by Crippen LogP contribution is -2.19. The fourth-order valence-electron chi connectivity index (χ4n) is 1.11. The van der Waals surface area contributed by atoms with E-state index in [0.29, 0.717) is 6.07 Å². The Morgan fingerprint density at radius 3 is 2.26 bits per heavy atom. The van der Waals surface area contributed by atoms with E-state index in [2.05, 4.69) is 20.7 Å². The van der Waals surface area contributed by atoms with Gasteiger partial charge >= 0.3 is 12.0 Å². The lowest BCUT2D eigenvalue weighted by Gasteiger charge is -2.12. The second-order valence-corrected chi connectivity index (χ2v) is 6.35. The van der Waals surface area contributed by atoms with E-state index in [1.165, 1.54) is 0 Å². The number of benzene rings is 1. The molecule has 0 fully saturated rings. The van der Waals surface area contributed by atoms with Gasteiger partial charge in [-0.05, 0) is 28.1 Å². The van der Waals surface area contributed by atoms with Crippen molar-refractivity contribution in [2.24, 2.45) is 0 Å². The van der Waals surface area contributed by atoms with Gasteiger partial charge in [-0.2, -0.15) is 0 Å². The molecule has 1 rings (SSSR count). The molecule has 0 atom stereocenters. The maximum Gasteiger partial charge on any atom is 0.573 e. The monoisotopic (exact) mass is 383 g/mol. The Morgan fingerprint density at radius 1 is 1.37 bits per heavy atom. The summed E-state index contributed by atoms with van der Waals surface area (Å²) in [7, 11) is 0.252. The van der Waals surface area contributed by atoms with Gasteiger partial charge in [0.1, 0.15) is 4.90 Å². The smallest absolute Gasteiger partial charge is 0.397 e. The molecular weight excluding hydrogens is 382 g/mol.